The lowest BCUT2D eigenvalue weighted by molar-refractivity contribution is 0.768. The number of fused-ring (bicyclic) bond motifs is 1. The van der Waals surface area contributed by atoms with Gasteiger partial charge in [-0.05, 0) is 30.0 Å². The largest absolute Gasteiger partial charge is 0.367 e. The van der Waals surface area contributed by atoms with Gasteiger partial charge in [0.05, 0.1) is 0 Å². The van der Waals surface area contributed by atoms with Crippen LogP contribution < -0.4 is 5.32 Å². The monoisotopic (exact) mass is 211 g/mol. The summed E-state index contributed by atoms with van der Waals surface area (Å²) >= 11 is 0. The van der Waals surface area contributed by atoms with Gasteiger partial charge in [-0.2, -0.15) is 0 Å². The molecule has 0 amide bonds. The second kappa shape index (κ2) is 3.93. The molecule has 0 atom stereocenters. The minimum Gasteiger partial charge on any atom is -0.367 e. The van der Waals surface area contributed by atoms with Gasteiger partial charge in [0.15, 0.2) is 0 Å². The van der Waals surface area contributed by atoms with Crippen LogP contribution in [0.3, 0.4) is 0 Å². The quantitative estimate of drug-likeness (QED) is 0.826. The van der Waals surface area contributed by atoms with E-state index < -0.39 is 0 Å². The average Bonchev–Trinajstić information content (AvgIpc) is 2.72. The van der Waals surface area contributed by atoms with Crippen molar-refractivity contribution in [3.05, 3.63) is 54.0 Å². The molecule has 0 radical (unpaired) electrons. The smallest absolute Gasteiger partial charge is 0.129 e. The molecule has 0 aliphatic heterocycles. The van der Waals surface area contributed by atoms with E-state index in [4.69, 9.17) is 0 Å². The third kappa shape index (κ3) is 1.76. The molecule has 1 aromatic carbocycles. The predicted octanol–water partition coefficient (Wildman–Crippen LogP) is 2.06. The fourth-order valence-electron chi connectivity index (χ4n) is 2.25. The van der Waals surface area contributed by atoms with E-state index in [0.717, 1.165) is 18.7 Å². The van der Waals surface area contributed by atoms with Crippen LogP contribution in [0.25, 0.3) is 0 Å². The van der Waals surface area contributed by atoms with Crippen molar-refractivity contribution in [1.29, 1.82) is 0 Å². The van der Waals surface area contributed by atoms with Crippen molar-refractivity contribution in [3.8, 4) is 0 Å². The highest BCUT2D eigenvalue weighted by Crippen LogP contribution is 2.23. The molecule has 1 aliphatic rings. The number of benzene rings is 1. The zero-order chi connectivity index (χ0) is 10.8. The van der Waals surface area contributed by atoms with Gasteiger partial charge in [0.25, 0.3) is 0 Å². The molecule has 1 aromatic heterocycles. The fourth-order valence-corrected chi connectivity index (χ4v) is 2.25. The Hall–Kier alpha value is -1.90. The molecular formula is C13H13N3. The Kier molecular flexibility index (Phi) is 2.29. The van der Waals surface area contributed by atoms with Gasteiger partial charge in [-0.25, -0.2) is 9.97 Å². The summed E-state index contributed by atoms with van der Waals surface area (Å²) in [6.07, 6.45) is 5.50. The Morgan fingerprint density at radius 1 is 1.06 bits per heavy atom. The van der Waals surface area contributed by atoms with Crippen molar-refractivity contribution in [3.63, 3.8) is 0 Å². The maximum Gasteiger partial charge on any atom is 0.129 e. The Bertz CT molecular complexity index is 457. The van der Waals surface area contributed by atoms with Gasteiger partial charge >= 0.3 is 0 Å². The second-order valence-electron chi connectivity index (χ2n) is 4.11. The van der Waals surface area contributed by atoms with Gasteiger partial charge in [0.2, 0.25) is 0 Å². The highest BCUT2D eigenvalue weighted by molar-refractivity contribution is 5.40. The number of hydrogen-bond donors (Lipinski definition) is 1. The van der Waals surface area contributed by atoms with Crippen LogP contribution >= 0.6 is 0 Å². The normalized spacial score (nSPS) is 14.8. The molecule has 1 heterocycles. The molecule has 0 unspecified atom stereocenters. The van der Waals surface area contributed by atoms with Crippen LogP contribution in [-0.4, -0.2) is 16.0 Å². The van der Waals surface area contributed by atoms with E-state index in [0.29, 0.717) is 6.04 Å². The summed E-state index contributed by atoms with van der Waals surface area (Å²) in [5.41, 5.74) is 2.91. The minimum absolute atomic E-state index is 0.465. The highest BCUT2D eigenvalue weighted by Gasteiger charge is 2.20. The standard InChI is InChI=1S/C13H13N3/c1-2-4-11-8-12(7-10(11)3-1)16-13-5-6-14-9-15-13/h1-6,9,12H,7-8H2,(H,14,15,16). The van der Waals surface area contributed by atoms with E-state index in [1.165, 1.54) is 11.1 Å². The van der Waals surface area contributed by atoms with Gasteiger partial charge in [0, 0.05) is 12.2 Å². The van der Waals surface area contributed by atoms with Crippen LogP contribution in [0.4, 0.5) is 5.82 Å². The molecule has 0 saturated carbocycles. The van der Waals surface area contributed by atoms with E-state index >= 15 is 0 Å². The molecule has 0 bridgehead atoms. The molecule has 16 heavy (non-hydrogen) atoms. The second-order valence-corrected chi connectivity index (χ2v) is 4.11. The van der Waals surface area contributed by atoms with Gasteiger partial charge in [-0.15, -0.1) is 0 Å². The molecule has 1 aliphatic carbocycles. The third-order valence-corrected chi connectivity index (χ3v) is 2.98. The van der Waals surface area contributed by atoms with Crippen LogP contribution in [0.5, 0.6) is 0 Å². The van der Waals surface area contributed by atoms with Crippen molar-refractivity contribution in [1.82, 2.24) is 9.97 Å². The van der Waals surface area contributed by atoms with Gasteiger partial charge in [0.1, 0.15) is 12.1 Å². The number of nitrogens with zero attached hydrogens (tertiary/aromatic N) is 2. The first-order valence-corrected chi connectivity index (χ1v) is 5.51. The summed E-state index contributed by atoms with van der Waals surface area (Å²) < 4.78 is 0. The number of aromatic nitrogens is 2. The Morgan fingerprint density at radius 2 is 1.81 bits per heavy atom. The molecule has 1 N–H and O–H groups in total. The number of nitrogens with one attached hydrogen (secondary N) is 1. The van der Waals surface area contributed by atoms with E-state index in [2.05, 4.69) is 39.6 Å². The zero-order valence-corrected chi connectivity index (χ0v) is 8.93. The lowest BCUT2D eigenvalue weighted by Crippen LogP contribution is -2.20. The van der Waals surface area contributed by atoms with Crippen molar-refractivity contribution in [2.45, 2.75) is 18.9 Å². The van der Waals surface area contributed by atoms with Crippen LogP contribution in [0.2, 0.25) is 0 Å². The molecule has 3 heteroatoms. The van der Waals surface area contributed by atoms with E-state index in [1.54, 1.807) is 12.5 Å². The molecule has 2 aromatic rings. The Labute approximate surface area is 94.6 Å². The number of hydrogen-bond acceptors (Lipinski definition) is 3. The molecular weight excluding hydrogens is 198 g/mol. The summed E-state index contributed by atoms with van der Waals surface area (Å²) in [5, 5.41) is 3.44. The molecule has 0 spiro atoms. The number of anilines is 1. The fraction of sp³-hybridized carbons (Fsp3) is 0.231. The molecule has 0 fully saturated rings. The Balaban J connectivity index is 1.73. The number of rotatable bonds is 2. The summed E-state index contributed by atoms with van der Waals surface area (Å²) in [6.45, 7) is 0. The van der Waals surface area contributed by atoms with Gasteiger partial charge in [-0.1, -0.05) is 24.3 Å². The molecule has 80 valence electrons. The predicted molar refractivity (Wildman–Crippen MR) is 63.3 cm³/mol. The topological polar surface area (TPSA) is 37.8 Å². The van der Waals surface area contributed by atoms with E-state index in [-0.39, 0.29) is 0 Å². The zero-order valence-electron chi connectivity index (χ0n) is 8.93. The van der Waals surface area contributed by atoms with Crippen molar-refractivity contribution < 1.29 is 0 Å². The van der Waals surface area contributed by atoms with E-state index in [1.807, 2.05) is 6.07 Å². The van der Waals surface area contributed by atoms with Crippen LogP contribution in [0, 0.1) is 0 Å². The van der Waals surface area contributed by atoms with Crippen molar-refractivity contribution in [2.24, 2.45) is 0 Å². The minimum atomic E-state index is 0.465. The third-order valence-electron chi connectivity index (χ3n) is 2.98. The molecule has 0 saturated heterocycles. The Morgan fingerprint density at radius 3 is 2.44 bits per heavy atom. The summed E-state index contributed by atoms with van der Waals surface area (Å²) in [6, 6.07) is 11.0. The first kappa shape index (κ1) is 9.33. The lowest BCUT2D eigenvalue weighted by Gasteiger charge is -2.11. The molecule has 3 nitrogen and oxygen atoms in total. The summed E-state index contributed by atoms with van der Waals surface area (Å²) in [5.74, 6) is 0.910. The summed E-state index contributed by atoms with van der Waals surface area (Å²) in [4.78, 5) is 8.09. The lowest BCUT2D eigenvalue weighted by atomic mass is 10.1. The van der Waals surface area contributed by atoms with Crippen LogP contribution in [0.15, 0.2) is 42.9 Å². The van der Waals surface area contributed by atoms with Crippen LogP contribution in [0.1, 0.15) is 11.1 Å². The maximum absolute atomic E-state index is 4.18. The van der Waals surface area contributed by atoms with Crippen LogP contribution in [-0.2, 0) is 12.8 Å². The van der Waals surface area contributed by atoms with Gasteiger partial charge < -0.3 is 5.32 Å². The van der Waals surface area contributed by atoms with Gasteiger partial charge in [-0.3, -0.25) is 0 Å². The highest BCUT2D eigenvalue weighted by atomic mass is 15.0. The van der Waals surface area contributed by atoms with Crippen molar-refractivity contribution in [2.75, 3.05) is 5.32 Å². The SMILES string of the molecule is c1ccc2c(c1)CC(Nc1ccncn1)C2. The molecule has 3 rings (SSSR count). The first-order chi connectivity index (χ1) is 7.92. The average molecular weight is 211 g/mol. The first-order valence-electron chi connectivity index (χ1n) is 5.51. The van der Waals surface area contributed by atoms with E-state index in [9.17, 15) is 0 Å². The van der Waals surface area contributed by atoms with Crippen molar-refractivity contribution >= 4 is 5.82 Å². The maximum atomic E-state index is 4.18. The summed E-state index contributed by atoms with van der Waals surface area (Å²) in [7, 11) is 0.